The number of nitrogens with zero attached hydrogens (tertiary/aromatic N) is 2. The summed E-state index contributed by atoms with van der Waals surface area (Å²) >= 11 is 1.33. The van der Waals surface area contributed by atoms with Crippen LogP contribution in [0.25, 0.3) is 0 Å². The van der Waals surface area contributed by atoms with Crippen molar-refractivity contribution in [3.05, 3.63) is 41.4 Å². The summed E-state index contributed by atoms with van der Waals surface area (Å²) in [6.45, 7) is 2.01. The molecule has 1 aromatic carbocycles. The second-order valence-electron chi connectivity index (χ2n) is 5.80. The van der Waals surface area contributed by atoms with E-state index in [1.54, 1.807) is 4.90 Å². The molecule has 1 saturated heterocycles. The number of aromatic nitrogens is 1. The molecular weight excluding hydrogens is 340 g/mol. The lowest BCUT2D eigenvalue weighted by atomic mass is 10.1. The SMILES string of the molecule is Cc1csc(NC(=O)CNC(=O)[C@@H]2CC(=O)N(c3ccccc3)C2)n1. The summed E-state index contributed by atoms with van der Waals surface area (Å²) < 4.78 is 0. The number of amides is 3. The van der Waals surface area contributed by atoms with Crippen molar-refractivity contribution in [1.82, 2.24) is 10.3 Å². The Morgan fingerprint density at radius 2 is 2.08 bits per heavy atom. The van der Waals surface area contributed by atoms with Crippen LogP contribution in [-0.2, 0) is 14.4 Å². The van der Waals surface area contributed by atoms with Gasteiger partial charge in [-0.15, -0.1) is 11.3 Å². The Labute approximate surface area is 149 Å². The van der Waals surface area contributed by atoms with Crippen molar-refractivity contribution in [3.8, 4) is 0 Å². The predicted molar refractivity (Wildman–Crippen MR) is 95.4 cm³/mol. The van der Waals surface area contributed by atoms with Crippen LogP contribution in [0.2, 0.25) is 0 Å². The van der Waals surface area contributed by atoms with Crippen molar-refractivity contribution in [1.29, 1.82) is 0 Å². The molecular formula is C17H18N4O3S. The molecule has 1 aromatic heterocycles. The Balaban J connectivity index is 1.50. The molecule has 130 valence electrons. The Bertz CT molecular complexity index is 790. The third-order valence-corrected chi connectivity index (χ3v) is 4.73. The lowest BCUT2D eigenvalue weighted by molar-refractivity contribution is -0.127. The molecule has 0 saturated carbocycles. The topological polar surface area (TPSA) is 91.4 Å². The van der Waals surface area contributed by atoms with Gasteiger partial charge in [0.25, 0.3) is 0 Å². The number of aryl methyl sites for hydroxylation is 1. The zero-order chi connectivity index (χ0) is 17.8. The van der Waals surface area contributed by atoms with Crippen LogP contribution in [0, 0.1) is 12.8 Å². The average molecular weight is 358 g/mol. The zero-order valence-corrected chi connectivity index (χ0v) is 14.5. The molecule has 0 aliphatic carbocycles. The van der Waals surface area contributed by atoms with Crippen molar-refractivity contribution in [2.75, 3.05) is 23.3 Å². The van der Waals surface area contributed by atoms with E-state index in [1.165, 1.54) is 11.3 Å². The summed E-state index contributed by atoms with van der Waals surface area (Å²) in [4.78, 5) is 42.0. The Hall–Kier alpha value is -2.74. The van der Waals surface area contributed by atoms with E-state index >= 15 is 0 Å². The molecule has 1 fully saturated rings. The van der Waals surface area contributed by atoms with Gasteiger partial charge in [-0.2, -0.15) is 0 Å². The highest BCUT2D eigenvalue weighted by molar-refractivity contribution is 7.13. The van der Waals surface area contributed by atoms with Gasteiger partial charge in [-0.3, -0.25) is 14.4 Å². The highest BCUT2D eigenvalue weighted by Gasteiger charge is 2.35. The summed E-state index contributed by atoms with van der Waals surface area (Å²) in [5.41, 5.74) is 1.61. The zero-order valence-electron chi connectivity index (χ0n) is 13.7. The van der Waals surface area contributed by atoms with Crippen molar-refractivity contribution in [2.45, 2.75) is 13.3 Å². The van der Waals surface area contributed by atoms with Gasteiger partial charge in [0.15, 0.2) is 5.13 Å². The molecule has 0 bridgehead atoms. The molecule has 2 aromatic rings. The van der Waals surface area contributed by atoms with Crippen LogP contribution in [0.5, 0.6) is 0 Å². The molecule has 2 heterocycles. The highest BCUT2D eigenvalue weighted by Crippen LogP contribution is 2.24. The quantitative estimate of drug-likeness (QED) is 0.848. The second-order valence-corrected chi connectivity index (χ2v) is 6.66. The van der Waals surface area contributed by atoms with Gasteiger partial charge in [0.1, 0.15) is 0 Å². The predicted octanol–water partition coefficient (Wildman–Crippen LogP) is 1.56. The van der Waals surface area contributed by atoms with Gasteiger partial charge in [-0.25, -0.2) is 4.98 Å². The highest BCUT2D eigenvalue weighted by atomic mass is 32.1. The molecule has 8 heteroatoms. The van der Waals surface area contributed by atoms with Gasteiger partial charge in [-0.1, -0.05) is 18.2 Å². The van der Waals surface area contributed by atoms with Gasteiger partial charge in [0, 0.05) is 24.0 Å². The summed E-state index contributed by atoms with van der Waals surface area (Å²) in [5.74, 6) is -1.18. The van der Waals surface area contributed by atoms with Gasteiger partial charge in [-0.05, 0) is 19.1 Å². The van der Waals surface area contributed by atoms with Crippen LogP contribution in [0.1, 0.15) is 12.1 Å². The minimum Gasteiger partial charge on any atom is -0.347 e. The Kier molecular flexibility index (Phi) is 5.08. The van der Waals surface area contributed by atoms with Gasteiger partial charge < -0.3 is 15.5 Å². The number of benzene rings is 1. The number of nitrogens with one attached hydrogen (secondary N) is 2. The maximum Gasteiger partial charge on any atom is 0.245 e. The van der Waals surface area contributed by atoms with Crippen molar-refractivity contribution >= 4 is 39.9 Å². The summed E-state index contributed by atoms with van der Waals surface area (Å²) in [6, 6.07) is 9.24. The van der Waals surface area contributed by atoms with Crippen molar-refractivity contribution in [2.24, 2.45) is 5.92 Å². The van der Waals surface area contributed by atoms with Crippen molar-refractivity contribution in [3.63, 3.8) is 0 Å². The number of hydrogen-bond donors (Lipinski definition) is 2. The summed E-state index contributed by atoms with van der Waals surface area (Å²) in [7, 11) is 0. The standard InChI is InChI=1S/C17H18N4O3S/c1-11-10-25-17(19-11)20-14(22)8-18-16(24)12-7-15(23)21(9-12)13-5-3-2-4-6-13/h2-6,10,12H,7-9H2,1H3,(H,18,24)(H,19,20,22)/t12-/m1/s1. The van der Waals surface area contributed by atoms with Crippen LogP contribution >= 0.6 is 11.3 Å². The average Bonchev–Trinajstić information content (AvgIpc) is 3.19. The first-order valence-corrected chi connectivity index (χ1v) is 8.76. The molecule has 25 heavy (non-hydrogen) atoms. The number of anilines is 2. The number of para-hydroxylation sites is 1. The van der Waals surface area contributed by atoms with E-state index in [-0.39, 0.29) is 30.7 Å². The summed E-state index contributed by atoms with van der Waals surface area (Å²) in [6.07, 6.45) is 0.147. The third kappa shape index (κ3) is 4.21. The van der Waals surface area contributed by atoms with E-state index in [1.807, 2.05) is 42.6 Å². The number of carbonyl (C=O) groups is 3. The van der Waals surface area contributed by atoms with Crippen LogP contribution in [0.15, 0.2) is 35.7 Å². The molecule has 2 N–H and O–H groups in total. The number of rotatable bonds is 5. The van der Waals surface area contributed by atoms with Gasteiger partial charge in [0.2, 0.25) is 17.7 Å². The van der Waals surface area contributed by atoms with Gasteiger partial charge in [0.05, 0.1) is 18.2 Å². The number of thiazole rings is 1. The normalized spacial score (nSPS) is 16.8. The molecule has 0 radical (unpaired) electrons. The smallest absolute Gasteiger partial charge is 0.245 e. The largest absolute Gasteiger partial charge is 0.347 e. The minimum absolute atomic E-state index is 0.0888. The molecule has 0 spiro atoms. The van der Waals surface area contributed by atoms with Crippen LogP contribution < -0.4 is 15.5 Å². The fourth-order valence-corrected chi connectivity index (χ4v) is 3.33. The second kappa shape index (κ2) is 7.43. The van der Waals surface area contributed by atoms with E-state index in [4.69, 9.17) is 0 Å². The summed E-state index contributed by atoms with van der Waals surface area (Å²) in [5, 5.41) is 7.55. The molecule has 0 unspecified atom stereocenters. The van der Waals surface area contributed by atoms with E-state index in [0.717, 1.165) is 11.4 Å². The fraction of sp³-hybridized carbons (Fsp3) is 0.294. The molecule has 3 rings (SSSR count). The molecule has 3 amide bonds. The maximum absolute atomic E-state index is 12.2. The van der Waals surface area contributed by atoms with E-state index in [0.29, 0.717) is 11.7 Å². The van der Waals surface area contributed by atoms with Crippen LogP contribution in [0.4, 0.5) is 10.8 Å². The molecule has 1 aliphatic heterocycles. The van der Waals surface area contributed by atoms with Gasteiger partial charge >= 0.3 is 0 Å². The fourth-order valence-electron chi connectivity index (χ4n) is 2.63. The first-order chi connectivity index (χ1) is 12.0. The number of hydrogen-bond acceptors (Lipinski definition) is 5. The first-order valence-electron chi connectivity index (χ1n) is 7.88. The lowest BCUT2D eigenvalue weighted by Crippen LogP contribution is -2.37. The third-order valence-electron chi connectivity index (χ3n) is 3.85. The van der Waals surface area contributed by atoms with Crippen LogP contribution in [0.3, 0.4) is 0 Å². The molecule has 1 aliphatic rings. The minimum atomic E-state index is -0.456. The number of carbonyl (C=O) groups excluding carboxylic acids is 3. The monoisotopic (exact) mass is 358 g/mol. The Morgan fingerprint density at radius 1 is 1.32 bits per heavy atom. The Morgan fingerprint density at radius 3 is 2.76 bits per heavy atom. The molecule has 1 atom stereocenters. The first kappa shape index (κ1) is 17.1. The van der Waals surface area contributed by atoms with E-state index in [9.17, 15) is 14.4 Å². The molecule has 7 nitrogen and oxygen atoms in total. The lowest BCUT2D eigenvalue weighted by Gasteiger charge is -2.16. The van der Waals surface area contributed by atoms with E-state index < -0.39 is 5.92 Å². The van der Waals surface area contributed by atoms with E-state index in [2.05, 4.69) is 15.6 Å². The van der Waals surface area contributed by atoms with Crippen LogP contribution in [-0.4, -0.2) is 35.8 Å². The van der Waals surface area contributed by atoms with Crippen molar-refractivity contribution < 1.29 is 14.4 Å². The maximum atomic E-state index is 12.2.